The van der Waals surface area contributed by atoms with Gasteiger partial charge in [0.05, 0.1) is 6.10 Å². The average molecular weight is 345 g/mol. The molecule has 26 heavy (non-hydrogen) atoms. The fourth-order valence-corrected chi connectivity index (χ4v) is 3.24. The van der Waals surface area contributed by atoms with E-state index in [2.05, 4.69) is 35.6 Å². The molecule has 0 aromatic heterocycles. The van der Waals surface area contributed by atoms with Gasteiger partial charge in [0.2, 0.25) is 0 Å². The van der Waals surface area contributed by atoms with E-state index in [1.165, 1.54) is 11.1 Å². The van der Waals surface area contributed by atoms with Gasteiger partial charge in [-0.3, -0.25) is 0 Å². The second kappa shape index (κ2) is 8.07. The first-order valence-corrected chi connectivity index (χ1v) is 9.14. The average Bonchev–Trinajstić information content (AvgIpc) is 3.23. The molecule has 0 aliphatic carbocycles. The number of anilines is 1. The van der Waals surface area contributed by atoms with Crippen LogP contribution in [0.2, 0.25) is 0 Å². The van der Waals surface area contributed by atoms with Crippen LogP contribution in [0.4, 0.5) is 5.69 Å². The van der Waals surface area contributed by atoms with Crippen molar-refractivity contribution in [1.29, 1.82) is 0 Å². The molecular formula is C23H23NO2. The summed E-state index contributed by atoms with van der Waals surface area (Å²) in [5, 5.41) is 3.48. The van der Waals surface area contributed by atoms with Crippen LogP contribution < -0.4 is 10.1 Å². The Bertz CT molecular complexity index is 842. The van der Waals surface area contributed by atoms with Crippen molar-refractivity contribution in [2.45, 2.75) is 25.5 Å². The zero-order chi connectivity index (χ0) is 17.6. The van der Waals surface area contributed by atoms with Crippen LogP contribution in [0, 0.1) is 0 Å². The van der Waals surface area contributed by atoms with Gasteiger partial charge in [-0.1, -0.05) is 48.5 Å². The number of hydrogen-bond donors (Lipinski definition) is 1. The van der Waals surface area contributed by atoms with Crippen molar-refractivity contribution in [3.8, 4) is 11.5 Å². The van der Waals surface area contributed by atoms with E-state index >= 15 is 0 Å². The van der Waals surface area contributed by atoms with Crippen LogP contribution in [-0.4, -0.2) is 6.61 Å². The Kier molecular flexibility index (Phi) is 5.17. The quantitative estimate of drug-likeness (QED) is 0.599. The number of hydrogen-bond acceptors (Lipinski definition) is 3. The van der Waals surface area contributed by atoms with E-state index in [4.69, 9.17) is 9.47 Å². The molecule has 0 radical (unpaired) electrons. The zero-order valence-electron chi connectivity index (χ0n) is 14.7. The van der Waals surface area contributed by atoms with Crippen LogP contribution in [0.3, 0.4) is 0 Å². The Hall–Kier alpha value is -2.78. The van der Waals surface area contributed by atoms with Gasteiger partial charge >= 0.3 is 0 Å². The topological polar surface area (TPSA) is 30.5 Å². The summed E-state index contributed by atoms with van der Waals surface area (Å²) in [7, 11) is 0. The second-order valence-electron chi connectivity index (χ2n) is 6.54. The molecule has 1 fully saturated rings. The number of nitrogens with one attached hydrogen (secondary N) is 1. The zero-order valence-corrected chi connectivity index (χ0v) is 14.7. The van der Waals surface area contributed by atoms with Gasteiger partial charge in [0.1, 0.15) is 11.5 Å². The normalized spacial score (nSPS) is 16.4. The molecule has 1 aliphatic heterocycles. The van der Waals surface area contributed by atoms with E-state index in [0.717, 1.165) is 43.2 Å². The smallest absolute Gasteiger partial charge is 0.129 e. The van der Waals surface area contributed by atoms with Crippen molar-refractivity contribution in [3.05, 3.63) is 90.0 Å². The van der Waals surface area contributed by atoms with E-state index in [1.807, 2.05) is 48.5 Å². The molecule has 4 rings (SSSR count). The van der Waals surface area contributed by atoms with Crippen molar-refractivity contribution in [2.24, 2.45) is 0 Å². The van der Waals surface area contributed by atoms with E-state index in [-0.39, 0.29) is 6.10 Å². The highest BCUT2D eigenvalue weighted by Gasteiger charge is 2.17. The largest absolute Gasteiger partial charge is 0.457 e. The van der Waals surface area contributed by atoms with Crippen molar-refractivity contribution >= 4 is 5.69 Å². The van der Waals surface area contributed by atoms with Crippen molar-refractivity contribution in [3.63, 3.8) is 0 Å². The number of para-hydroxylation sites is 1. The van der Waals surface area contributed by atoms with E-state index in [1.54, 1.807) is 0 Å². The Balaban J connectivity index is 1.40. The molecular weight excluding hydrogens is 322 g/mol. The summed E-state index contributed by atoms with van der Waals surface area (Å²) in [5.41, 5.74) is 3.58. The third-order valence-electron chi connectivity index (χ3n) is 4.56. The van der Waals surface area contributed by atoms with E-state index in [0.29, 0.717) is 0 Å². The summed E-state index contributed by atoms with van der Waals surface area (Å²) >= 11 is 0. The maximum Gasteiger partial charge on any atom is 0.129 e. The Labute approximate surface area is 154 Å². The second-order valence-corrected chi connectivity index (χ2v) is 6.54. The van der Waals surface area contributed by atoms with Gasteiger partial charge in [0.15, 0.2) is 0 Å². The Morgan fingerprint density at radius 1 is 0.885 bits per heavy atom. The first kappa shape index (κ1) is 16.7. The maximum atomic E-state index is 5.90. The molecule has 1 saturated heterocycles. The number of rotatable bonds is 6. The highest BCUT2D eigenvalue weighted by atomic mass is 16.5. The summed E-state index contributed by atoms with van der Waals surface area (Å²) in [5.74, 6) is 1.67. The molecule has 0 bridgehead atoms. The highest BCUT2D eigenvalue weighted by molar-refractivity contribution is 5.49. The third-order valence-corrected chi connectivity index (χ3v) is 4.56. The molecule has 1 N–H and O–H groups in total. The first-order valence-electron chi connectivity index (χ1n) is 9.14. The minimum atomic E-state index is 0.262. The predicted octanol–water partition coefficient (Wildman–Crippen LogP) is 5.94. The lowest BCUT2D eigenvalue weighted by Gasteiger charge is -2.13. The van der Waals surface area contributed by atoms with Crippen molar-refractivity contribution in [2.75, 3.05) is 11.9 Å². The fourth-order valence-electron chi connectivity index (χ4n) is 3.24. The molecule has 1 unspecified atom stereocenters. The van der Waals surface area contributed by atoms with Gasteiger partial charge in [-0.2, -0.15) is 0 Å². The lowest BCUT2D eigenvalue weighted by atomic mass is 10.0. The highest BCUT2D eigenvalue weighted by Crippen LogP contribution is 2.29. The Morgan fingerprint density at radius 2 is 1.73 bits per heavy atom. The van der Waals surface area contributed by atoms with Crippen LogP contribution >= 0.6 is 0 Å². The molecule has 3 nitrogen and oxygen atoms in total. The summed E-state index contributed by atoms with van der Waals surface area (Å²) in [4.78, 5) is 0. The molecule has 0 amide bonds. The van der Waals surface area contributed by atoms with Crippen molar-refractivity contribution < 1.29 is 9.47 Å². The van der Waals surface area contributed by atoms with Gasteiger partial charge in [-0.15, -0.1) is 0 Å². The van der Waals surface area contributed by atoms with Crippen LogP contribution in [0.25, 0.3) is 0 Å². The minimum Gasteiger partial charge on any atom is -0.457 e. The SMILES string of the molecule is c1ccc(Oc2cccc(NCc3cccc(C4CCCO4)c3)c2)cc1. The summed E-state index contributed by atoms with van der Waals surface area (Å²) in [6.07, 6.45) is 2.54. The van der Waals surface area contributed by atoms with Gasteiger partial charge < -0.3 is 14.8 Å². The molecule has 3 heteroatoms. The summed E-state index contributed by atoms with van der Waals surface area (Å²) in [6, 6.07) is 26.6. The lowest BCUT2D eigenvalue weighted by Crippen LogP contribution is -2.02. The maximum absolute atomic E-state index is 5.90. The molecule has 3 aromatic rings. The van der Waals surface area contributed by atoms with E-state index < -0.39 is 0 Å². The molecule has 132 valence electrons. The molecule has 0 saturated carbocycles. The van der Waals surface area contributed by atoms with Crippen LogP contribution in [0.5, 0.6) is 11.5 Å². The molecule has 1 aliphatic rings. The predicted molar refractivity (Wildman–Crippen MR) is 105 cm³/mol. The van der Waals surface area contributed by atoms with Crippen LogP contribution in [0.1, 0.15) is 30.1 Å². The van der Waals surface area contributed by atoms with Crippen molar-refractivity contribution in [1.82, 2.24) is 0 Å². The monoisotopic (exact) mass is 345 g/mol. The van der Waals surface area contributed by atoms with E-state index in [9.17, 15) is 0 Å². The number of benzene rings is 3. The lowest BCUT2D eigenvalue weighted by molar-refractivity contribution is 0.112. The van der Waals surface area contributed by atoms with Crippen LogP contribution in [-0.2, 0) is 11.3 Å². The Morgan fingerprint density at radius 3 is 2.58 bits per heavy atom. The van der Waals surface area contributed by atoms with Gasteiger partial charge in [-0.05, 0) is 48.2 Å². The van der Waals surface area contributed by atoms with Gasteiger partial charge in [0.25, 0.3) is 0 Å². The molecule has 3 aromatic carbocycles. The third kappa shape index (κ3) is 4.24. The summed E-state index contributed by atoms with van der Waals surface area (Å²) < 4.78 is 11.7. The molecule has 1 atom stereocenters. The first-order chi connectivity index (χ1) is 12.9. The van der Waals surface area contributed by atoms with Gasteiger partial charge in [-0.25, -0.2) is 0 Å². The number of ether oxygens (including phenoxy) is 2. The molecule has 1 heterocycles. The fraction of sp³-hybridized carbons (Fsp3) is 0.217. The minimum absolute atomic E-state index is 0.262. The molecule has 0 spiro atoms. The summed E-state index contributed by atoms with van der Waals surface area (Å²) in [6.45, 7) is 1.65. The van der Waals surface area contributed by atoms with Crippen LogP contribution in [0.15, 0.2) is 78.9 Å². The standard InChI is InChI=1S/C23H23NO2/c1-2-10-21(11-3-1)26-22-12-5-9-20(16-22)24-17-18-7-4-8-19(15-18)23-13-6-14-25-23/h1-5,7-12,15-16,23-24H,6,13-14,17H2. The van der Waals surface area contributed by atoms with Gasteiger partial charge in [0, 0.05) is 24.9 Å².